The average molecular weight is 260 g/mol. The maximum absolute atomic E-state index is 12.0. The van der Waals surface area contributed by atoms with Crippen molar-refractivity contribution in [3.8, 4) is 0 Å². The van der Waals surface area contributed by atoms with Crippen LogP contribution in [0.5, 0.6) is 0 Å². The smallest absolute Gasteiger partial charge is 0.272 e. The Labute approximate surface area is 113 Å². The van der Waals surface area contributed by atoms with Gasteiger partial charge in [0, 0.05) is 25.3 Å². The molecule has 3 rings (SSSR count). The Morgan fingerprint density at radius 2 is 2.32 bits per heavy atom. The predicted molar refractivity (Wildman–Crippen MR) is 73.7 cm³/mol. The number of nitrogens with two attached hydrogens (primary N) is 1. The van der Waals surface area contributed by atoms with Crippen molar-refractivity contribution in [2.75, 3.05) is 25.4 Å². The van der Waals surface area contributed by atoms with Crippen molar-refractivity contribution in [2.45, 2.75) is 25.3 Å². The normalized spacial score (nSPS) is 23.5. The number of nitrogens with one attached hydrogen (secondary N) is 1. The van der Waals surface area contributed by atoms with Crippen molar-refractivity contribution in [1.29, 1.82) is 0 Å². The third-order valence-electron chi connectivity index (χ3n) is 3.99. The van der Waals surface area contributed by atoms with Gasteiger partial charge >= 0.3 is 0 Å². The Kier molecular flexibility index (Phi) is 3.38. The van der Waals surface area contributed by atoms with Crippen molar-refractivity contribution >= 4 is 11.6 Å². The first-order valence-corrected chi connectivity index (χ1v) is 6.97. The largest absolute Gasteiger partial charge is 0.397 e. The second-order valence-corrected chi connectivity index (χ2v) is 5.53. The third-order valence-corrected chi connectivity index (χ3v) is 3.99. The van der Waals surface area contributed by atoms with Crippen molar-refractivity contribution in [3.63, 3.8) is 0 Å². The molecule has 1 atom stereocenters. The lowest BCUT2D eigenvalue weighted by Gasteiger charge is -2.15. The van der Waals surface area contributed by atoms with Gasteiger partial charge in [-0.05, 0) is 43.9 Å². The highest BCUT2D eigenvalue weighted by molar-refractivity contribution is 5.96. The molecular formula is C14H20N4O. The molecule has 5 heteroatoms. The zero-order valence-corrected chi connectivity index (χ0v) is 11.0. The molecule has 1 aliphatic carbocycles. The predicted octanol–water partition coefficient (Wildman–Crippen LogP) is 0.878. The number of nitrogens with zero attached hydrogens (tertiary/aromatic N) is 2. The number of carbonyl (C=O) groups excluding carboxylic acids is 1. The molecule has 102 valence electrons. The van der Waals surface area contributed by atoms with Gasteiger partial charge in [0.25, 0.3) is 5.91 Å². The van der Waals surface area contributed by atoms with Gasteiger partial charge in [-0.15, -0.1) is 0 Å². The minimum Gasteiger partial charge on any atom is -0.397 e. The van der Waals surface area contributed by atoms with Crippen LogP contribution in [0.1, 0.15) is 29.8 Å². The van der Waals surface area contributed by atoms with E-state index in [1.54, 1.807) is 18.3 Å². The molecule has 2 fully saturated rings. The summed E-state index contributed by atoms with van der Waals surface area (Å²) in [6.07, 6.45) is 5.47. The number of anilines is 1. The van der Waals surface area contributed by atoms with E-state index in [0.29, 0.717) is 17.3 Å². The molecule has 0 spiro atoms. The molecule has 1 saturated heterocycles. The van der Waals surface area contributed by atoms with E-state index >= 15 is 0 Å². The zero-order chi connectivity index (χ0) is 13.2. The van der Waals surface area contributed by atoms with Gasteiger partial charge in [0.1, 0.15) is 0 Å². The minimum absolute atomic E-state index is 0.164. The molecule has 19 heavy (non-hydrogen) atoms. The molecule has 3 N–H and O–H groups in total. The number of carbonyl (C=O) groups is 1. The lowest BCUT2D eigenvalue weighted by molar-refractivity contribution is 0.0943. The van der Waals surface area contributed by atoms with Crippen LogP contribution in [0, 0.1) is 5.92 Å². The molecule has 2 heterocycles. The molecule has 1 amide bonds. The Hall–Kier alpha value is -1.62. The lowest BCUT2D eigenvalue weighted by Crippen LogP contribution is -2.32. The van der Waals surface area contributed by atoms with E-state index in [9.17, 15) is 4.79 Å². The monoisotopic (exact) mass is 260 g/mol. The number of aromatic nitrogens is 1. The Balaban J connectivity index is 1.50. The fourth-order valence-corrected chi connectivity index (χ4v) is 2.73. The van der Waals surface area contributed by atoms with Crippen LogP contribution in [-0.2, 0) is 0 Å². The number of amides is 1. The van der Waals surface area contributed by atoms with Gasteiger partial charge in [-0.1, -0.05) is 0 Å². The zero-order valence-electron chi connectivity index (χ0n) is 11.0. The van der Waals surface area contributed by atoms with Gasteiger partial charge < -0.3 is 16.0 Å². The van der Waals surface area contributed by atoms with Crippen LogP contribution < -0.4 is 11.1 Å². The molecule has 0 bridgehead atoms. The Morgan fingerprint density at radius 1 is 1.47 bits per heavy atom. The fourth-order valence-electron chi connectivity index (χ4n) is 2.73. The number of rotatable bonds is 4. The number of hydrogen-bond acceptors (Lipinski definition) is 4. The second-order valence-electron chi connectivity index (χ2n) is 5.53. The third kappa shape index (κ3) is 2.87. The van der Waals surface area contributed by atoms with Crippen LogP contribution in [0.25, 0.3) is 0 Å². The summed E-state index contributed by atoms with van der Waals surface area (Å²) in [5.41, 5.74) is 6.51. The van der Waals surface area contributed by atoms with Gasteiger partial charge in [0.15, 0.2) is 5.69 Å². The van der Waals surface area contributed by atoms with Crippen molar-refractivity contribution in [2.24, 2.45) is 5.92 Å². The SMILES string of the molecule is Nc1cccnc1C(=O)NCC1CCN(C2CC2)C1. The summed E-state index contributed by atoms with van der Waals surface area (Å²) in [6.45, 7) is 3.01. The highest BCUT2D eigenvalue weighted by Crippen LogP contribution is 2.31. The van der Waals surface area contributed by atoms with Gasteiger partial charge in [-0.2, -0.15) is 0 Å². The molecule has 1 aliphatic heterocycles. The maximum Gasteiger partial charge on any atom is 0.272 e. The van der Waals surface area contributed by atoms with E-state index in [1.807, 2.05) is 0 Å². The van der Waals surface area contributed by atoms with E-state index in [-0.39, 0.29) is 5.91 Å². The number of pyridine rings is 1. The molecule has 0 radical (unpaired) electrons. The van der Waals surface area contributed by atoms with Crippen molar-refractivity contribution < 1.29 is 4.79 Å². The van der Waals surface area contributed by atoms with Crippen LogP contribution in [0.2, 0.25) is 0 Å². The molecule has 1 unspecified atom stereocenters. The van der Waals surface area contributed by atoms with Crippen molar-refractivity contribution in [1.82, 2.24) is 15.2 Å². The summed E-state index contributed by atoms with van der Waals surface area (Å²) < 4.78 is 0. The highest BCUT2D eigenvalue weighted by atomic mass is 16.1. The first-order valence-electron chi connectivity index (χ1n) is 6.97. The number of likely N-dealkylation sites (tertiary alicyclic amines) is 1. The molecule has 0 aromatic carbocycles. The molecular weight excluding hydrogens is 240 g/mol. The summed E-state index contributed by atoms with van der Waals surface area (Å²) in [5, 5.41) is 2.95. The molecule has 1 aromatic rings. The fraction of sp³-hybridized carbons (Fsp3) is 0.571. The van der Waals surface area contributed by atoms with E-state index in [1.165, 1.54) is 25.8 Å². The van der Waals surface area contributed by atoms with Crippen LogP contribution in [0.15, 0.2) is 18.3 Å². The first-order chi connectivity index (χ1) is 9.24. The van der Waals surface area contributed by atoms with Gasteiger partial charge in [-0.25, -0.2) is 4.98 Å². The molecule has 2 aliphatic rings. The van der Waals surface area contributed by atoms with Crippen LogP contribution in [0.3, 0.4) is 0 Å². The first kappa shape index (κ1) is 12.4. The quantitative estimate of drug-likeness (QED) is 0.843. The van der Waals surface area contributed by atoms with E-state index in [0.717, 1.165) is 19.1 Å². The van der Waals surface area contributed by atoms with E-state index in [4.69, 9.17) is 5.73 Å². The second kappa shape index (κ2) is 5.17. The summed E-state index contributed by atoms with van der Waals surface area (Å²) in [7, 11) is 0. The standard InChI is InChI=1S/C14H20N4O/c15-12-2-1-6-16-13(12)14(19)17-8-10-5-7-18(9-10)11-3-4-11/h1-2,6,10-11H,3-5,7-9,15H2,(H,17,19). The van der Waals surface area contributed by atoms with Crippen LogP contribution >= 0.6 is 0 Å². The summed E-state index contributed by atoms with van der Waals surface area (Å²) >= 11 is 0. The summed E-state index contributed by atoms with van der Waals surface area (Å²) in [6, 6.07) is 4.26. The molecule has 5 nitrogen and oxygen atoms in total. The van der Waals surface area contributed by atoms with Crippen LogP contribution in [-0.4, -0.2) is 41.5 Å². The molecule has 1 aromatic heterocycles. The van der Waals surface area contributed by atoms with E-state index < -0.39 is 0 Å². The van der Waals surface area contributed by atoms with Gasteiger partial charge in [0.2, 0.25) is 0 Å². The average Bonchev–Trinajstić information content (AvgIpc) is 3.16. The Morgan fingerprint density at radius 3 is 3.05 bits per heavy atom. The summed E-state index contributed by atoms with van der Waals surface area (Å²) in [4.78, 5) is 18.6. The van der Waals surface area contributed by atoms with Crippen LogP contribution in [0.4, 0.5) is 5.69 Å². The summed E-state index contributed by atoms with van der Waals surface area (Å²) in [5.74, 6) is 0.400. The minimum atomic E-state index is -0.164. The van der Waals surface area contributed by atoms with Crippen molar-refractivity contribution in [3.05, 3.63) is 24.0 Å². The maximum atomic E-state index is 12.0. The van der Waals surface area contributed by atoms with Gasteiger partial charge in [-0.3, -0.25) is 4.79 Å². The Bertz CT molecular complexity index is 472. The lowest BCUT2D eigenvalue weighted by atomic mass is 10.1. The highest BCUT2D eigenvalue weighted by Gasteiger charge is 2.34. The van der Waals surface area contributed by atoms with E-state index in [2.05, 4.69) is 15.2 Å². The topological polar surface area (TPSA) is 71.2 Å². The number of hydrogen-bond donors (Lipinski definition) is 2. The van der Waals surface area contributed by atoms with Gasteiger partial charge in [0.05, 0.1) is 5.69 Å². The molecule has 1 saturated carbocycles. The number of nitrogen functional groups attached to an aromatic ring is 1.